The molecule has 0 unspecified atom stereocenters. The van der Waals surface area contributed by atoms with Crippen molar-refractivity contribution in [2.24, 2.45) is 0 Å². The predicted octanol–water partition coefficient (Wildman–Crippen LogP) is 2.48. The average Bonchev–Trinajstić information content (AvgIpc) is 2.62. The zero-order chi connectivity index (χ0) is 15.9. The maximum Gasteiger partial charge on any atom is 0.0589 e. The summed E-state index contributed by atoms with van der Waals surface area (Å²) in [6.07, 6.45) is 12.7. The number of methoxy groups -OCH3 is 1. The van der Waals surface area contributed by atoms with Gasteiger partial charge < -0.3 is 19.9 Å². The molecule has 1 saturated carbocycles. The van der Waals surface area contributed by atoms with Gasteiger partial charge in [-0.15, -0.1) is 0 Å². The molecule has 2 heterocycles. The molecular formula is C19H37N3O. The van der Waals surface area contributed by atoms with Crippen molar-refractivity contribution in [2.75, 3.05) is 46.4 Å². The first-order chi connectivity index (χ1) is 11.3. The molecule has 0 atom stereocenters. The second kappa shape index (κ2) is 9.36. The van der Waals surface area contributed by atoms with Crippen LogP contribution in [0.4, 0.5) is 0 Å². The van der Waals surface area contributed by atoms with Gasteiger partial charge in [0, 0.05) is 31.8 Å². The normalized spacial score (nSPS) is 27.5. The largest absolute Gasteiger partial charge is 0.383 e. The van der Waals surface area contributed by atoms with E-state index in [1.165, 1.54) is 84.0 Å². The summed E-state index contributed by atoms with van der Waals surface area (Å²) >= 11 is 0. The summed E-state index contributed by atoms with van der Waals surface area (Å²) in [6.45, 7) is 7.11. The second-order valence-electron chi connectivity index (χ2n) is 7.88. The first-order valence-corrected chi connectivity index (χ1v) is 10.1. The third-order valence-corrected chi connectivity index (χ3v) is 6.29. The van der Waals surface area contributed by atoms with Gasteiger partial charge in [-0.3, -0.25) is 0 Å². The van der Waals surface area contributed by atoms with E-state index in [2.05, 4.69) is 15.1 Å². The Hall–Kier alpha value is -0.160. The maximum absolute atomic E-state index is 5.19. The molecule has 3 rings (SSSR count). The Labute approximate surface area is 142 Å². The topological polar surface area (TPSA) is 27.7 Å². The Morgan fingerprint density at radius 3 is 2.04 bits per heavy atom. The molecular weight excluding hydrogens is 286 g/mol. The van der Waals surface area contributed by atoms with Crippen LogP contribution in [-0.4, -0.2) is 74.4 Å². The fourth-order valence-corrected chi connectivity index (χ4v) is 4.75. The van der Waals surface area contributed by atoms with Crippen molar-refractivity contribution >= 4 is 0 Å². The highest BCUT2D eigenvalue weighted by Crippen LogP contribution is 2.25. The van der Waals surface area contributed by atoms with Crippen LogP contribution in [0.15, 0.2) is 0 Å². The van der Waals surface area contributed by atoms with Crippen LogP contribution >= 0.6 is 0 Å². The fourth-order valence-electron chi connectivity index (χ4n) is 4.75. The molecule has 0 radical (unpaired) electrons. The minimum atomic E-state index is 0.750. The summed E-state index contributed by atoms with van der Waals surface area (Å²) in [5.41, 5.74) is 0. The minimum absolute atomic E-state index is 0.750. The van der Waals surface area contributed by atoms with E-state index in [1.54, 1.807) is 7.11 Å². The fraction of sp³-hybridized carbons (Fsp3) is 1.00. The van der Waals surface area contributed by atoms with Crippen molar-refractivity contribution in [2.45, 2.75) is 75.9 Å². The van der Waals surface area contributed by atoms with Crippen LogP contribution in [-0.2, 0) is 4.74 Å². The number of likely N-dealkylation sites (tertiary alicyclic amines) is 2. The number of nitrogens with one attached hydrogen (secondary N) is 1. The Morgan fingerprint density at radius 2 is 1.43 bits per heavy atom. The third-order valence-electron chi connectivity index (χ3n) is 6.29. The van der Waals surface area contributed by atoms with Gasteiger partial charge in [0.25, 0.3) is 0 Å². The zero-order valence-electron chi connectivity index (χ0n) is 15.1. The van der Waals surface area contributed by atoms with Crippen LogP contribution in [0.5, 0.6) is 0 Å². The molecule has 0 spiro atoms. The Bertz CT molecular complexity index is 317. The number of rotatable bonds is 6. The van der Waals surface area contributed by atoms with E-state index < -0.39 is 0 Å². The molecule has 0 aromatic carbocycles. The SMILES string of the molecule is COCCN1CCC(NC2CCN(C3CCCCC3)CC2)CC1. The molecule has 3 fully saturated rings. The molecule has 2 saturated heterocycles. The molecule has 2 aliphatic heterocycles. The average molecular weight is 324 g/mol. The van der Waals surface area contributed by atoms with Gasteiger partial charge in [0.1, 0.15) is 0 Å². The number of piperidine rings is 2. The molecule has 0 bridgehead atoms. The number of nitrogens with zero attached hydrogens (tertiary/aromatic N) is 2. The molecule has 0 aromatic heterocycles. The van der Waals surface area contributed by atoms with E-state index in [0.717, 1.165) is 31.3 Å². The van der Waals surface area contributed by atoms with Crippen LogP contribution in [0.3, 0.4) is 0 Å². The first-order valence-electron chi connectivity index (χ1n) is 10.1. The van der Waals surface area contributed by atoms with Gasteiger partial charge >= 0.3 is 0 Å². The zero-order valence-corrected chi connectivity index (χ0v) is 15.1. The molecule has 4 nitrogen and oxygen atoms in total. The second-order valence-corrected chi connectivity index (χ2v) is 7.88. The monoisotopic (exact) mass is 323 g/mol. The van der Waals surface area contributed by atoms with Crippen molar-refractivity contribution in [1.29, 1.82) is 0 Å². The van der Waals surface area contributed by atoms with Gasteiger partial charge in [-0.25, -0.2) is 0 Å². The number of ether oxygens (including phenoxy) is 1. The van der Waals surface area contributed by atoms with Gasteiger partial charge in [-0.05, 0) is 64.7 Å². The van der Waals surface area contributed by atoms with Crippen molar-refractivity contribution in [3.63, 3.8) is 0 Å². The van der Waals surface area contributed by atoms with Crippen LogP contribution in [0.25, 0.3) is 0 Å². The summed E-state index contributed by atoms with van der Waals surface area (Å²) in [5, 5.41) is 3.97. The van der Waals surface area contributed by atoms with E-state index in [1.807, 2.05) is 0 Å². The van der Waals surface area contributed by atoms with Gasteiger partial charge in [0.15, 0.2) is 0 Å². The standard InChI is InChI=1S/C19H37N3O/c1-23-16-15-21-11-7-17(8-12-21)20-18-9-13-22(14-10-18)19-5-3-2-4-6-19/h17-20H,2-16H2,1H3. The van der Waals surface area contributed by atoms with E-state index >= 15 is 0 Å². The summed E-state index contributed by atoms with van der Waals surface area (Å²) < 4.78 is 5.19. The highest BCUT2D eigenvalue weighted by molar-refractivity contribution is 4.86. The van der Waals surface area contributed by atoms with Crippen LogP contribution in [0.2, 0.25) is 0 Å². The molecule has 1 aliphatic carbocycles. The van der Waals surface area contributed by atoms with Gasteiger partial charge in [-0.1, -0.05) is 19.3 Å². The Balaban J connectivity index is 1.31. The smallest absolute Gasteiger partial charge is 0.0589 e. The summed E-state index contributed by atoms with van der Waals surface area (Å²) in [5.74, 6) is 0. The van der Waals surface area contributed by atoms with E-state index in [0.29, 0.717) is 0 Å². The van der Waals surface area contributed by atoms with E-state index in [9.17, 15) is 0 Å². The molecule has 134 valence electrons. The third kappa shape index (κ3) is 5.42. The number of hydrogen-bond donors (Lipinski definition) is 1. The van der Waals surface area contributed by atoms with Crippen LogP contribution in [0.1, 0.15) is 57.8 Å². The molecule has 4 heteroatoms. The highest BCUT2D eigenvalue weighted by Gasteiger charge is 2.28. The van der Waals surface area contributed by atoms with Gasteiger partial charge in [-0.2, -0.15) is 0 Å². The first kappa shape index (κ1) is 17.7. The lowest BCUT2D eigenvalue weighted by Gasteiger charge is -2.41. The Kier molecular flexibility index (Phi) is 7.18. The highest BCUT2D eigenvalue weighted by atomic mass is 16.5. The van der Waals surface area contributed by atoms with Gasteiger partial charge in [0.05, 0.1) is 6.61 Å². The molecule has 0 amide bonds. The lowest BCUT2D eigenvalue weighted by atomic mass is 9.91. The van der Waals surface area contributed by atoms with Crippen molar-refractivity contribution in [1.82, 2.24) is 15.1 Å². The maximum atomic E-state index is 5.19. The molecule has 23 heavy (non-hydrogen) atoms. The minimum Gasteiger partial charge on any atom is -0.383 e. The quantitative estimate of drug-likeness (QED) is 0.813. The molecule has 3 aliphatic rings. The summed E-state index contributed by atoms with van der Waals surface area (Å²) in [6, 6.07) is 2.43. The van der Waals surface area contributed by atoms with Gasteiger partial charge in [0.2, 0.25) is 0 Å². The molecule has 1 N–H and O–H groups in total. The van der Waals surface area contributed by atoms with Crippen molar-refractivity contribution < 1.29 is 4.74 Å². The predicted molar refractivity (Wildman–Crippen MR) is 95.9 cm³/mol. The van der Waals surface area contributed by atoms with Crippen LogP contribution in [0, 0.1) is 0 Å². The van der Waals surface area contributed by atoms with E-state index in [4.69, 9.17) is 4.74 Å². The molecule has 0 aromatic rings. The lowest BCUT2D eigenvalue weighted by Crippen LogP contribution is -2.51. The number of hydrogen-bond acceptors (Lipinski definition) is 4. The summed E-state index contributed by atoms with van der Waals surface area (Å²) in [4.78, 5) is 5.35. The Morgan fingerprint density at radius 1 is 0.826 bits per heavy atom. The van der Waals surface area contributed by atoms with E-state index in [-0.39, 0.29) is 0 Å². The lowest BCUT2D eigenvalue weighted by molar-refractivity contribution is 0.101. The van der Waals surface area contributed by atoms with Crippen molar-refractivity contribution in [3.05, 3.63) is 0 Å². The van der Waals surface area contributed by atoms with Crippen molar-refractivity contribution in [3.8, 4) is 0 Å². The summed E-state index contributed by atoms with van der Waals surface area (Å²) in [7, 11) is 1.80. The van der Waals surface area contributed by atoms with Crippen LogP contribution < -0.4 is 5.32 Å².